The third kappa shape index (κ3) is 2.38. The zero-order chi connectivity index (χ0) is 5.82. The molecule has 2 heteroatoms. The van der Waals surface area contributed by atoms with Crippen molar-refractivity contribution in [3.05, 3.63) is 35.9 Å². The summed E-state index contributed by atoms with van der Waals surface area (Å²) in [5.41, 5.74) is 0.715. The fourth-order valence-electron chi connectivity index (χ4n) is 0.513. The van der Waals surface area contributed by atoms with Gasteiger partial charge in [-0.15, -0.1) is 0 Å². The van der Waals surface area contributed by atoms with Crippen LogP contribution in [0.2, 0.25) is 0 Å². The monoisotopic (exact) mass is 111 g/mol. The van der Waals surface area contributed by atoms with Crippen LogP contribution in [0.4, 0.5) is 0 Å². The summed E-state index contributed by atoms with van der Waals surface area (Å²) in [5.74, 6) is 0. The fourth-order valence-corrected chi connectivity index (χ4v) is 0.513. The Hall–Kier alpha value is -0.693. The predicted octanol–water partition coefficient (Wildman–Crippen LogP) is -1.33. The molecule has 0 aliphatic rings. The van der Waals surface area contributed by atoms with E-state index < -0.39 is 0 Å². The van der Waals surface area contributed by atoms with Gasteiger partial charge in [-0.2, -0.15) is 5.26 Å². The normalized spacial score (nSPS) is 7.00. The number of nitrogens with zero attached hydrogens (tertiary/aromatic N) is 1. The van der Waals surface area contributed by atoms with Crippen LogP contribution in [0.25, 0.3) is 0 Å². The van der Waals surface area contributed by atoms with Crippen LogP contribution >= 0.6 is 0 Å². The zero-order valence-electron chi connectivity index (χ0n) is 6.33. The average molecular weight is 111 g/mol. The summed E-state index contributed by atoms with van der Waals surface area (Å²) in [4.78, 5) is 0. The zero-order valence-corrected chi connectivity index (χ0v) is 5.33. The van der Waals surface area contributed by atoms with E-state index in [1.54, 1.807) is 12.1 Å². The Morgan fingerprint density at radius 1 is 1.22 bits per heavy atom. The van der Waals surface area contributed by atoms with Crippen LogP contribution in [0.3, 0.4) is 0 Å². The topological polar surface area (TPSA) is 23.8 Å². The van der Waals surface area contributed by atoms with Crippen LogP contribution in [-0.2, 0) is 0 Å². The number of nitriles is 1. The number of hydrogen-bond donors (Lipinski definition) is 0. The Labute approximate surface area is 68.0 Å². The molecule has 0 saturated heterocycles. The maximum absolute atomic E-state index is 8.29. The first-order chi connectivity index (χ1) is 3.93. The number of benzene rings is 1. The standard InChI is InChI=1S/C7H5N.Li.H/c8-6-7-4-2-1-3-5-7;;/h1-5H;;/q;+1;-1. The fraction of sp³-hybridized carbons (Fsp3) is 0. The van der Waals surface area contributed by atoms with Crippen molar-refractivity contribution in [1.29, 1.82) is 5.26 Å². The van der Waals surface area contributed by atoms with Crippen LogP contribution in [0.15, 0.2) is 30.3 Å². The van der Waals surface area contributed by atoms with E-state index in [-0.39, 0.29) is 20.3 Å². The van der Waals surface area contributed by atoms with Gasteiger partial charge in [0.2, 0.25) is 0 Å². The average Bonchev–Trinajstić information content (AvgIpc) is 1.90. The smallest absolute Gasteiger partial charge is 1.00 e. The minimum absolute atomic E-state index is 0. The molecule has 0 bridgehead atoms. The Morgan fingerprint density at radius 2 is 1.78 bits per heavy atom. The third-order valence-corrected chi connectivity index (χ3v) is 0.903. The Balaban J connectivity index is 0. The largest absolute Gasteiger partial charge is 1.00 e. The number of rotatable bonds is 0. The summed E-state index contributed by atoms with van der Waals surface area (Å²) in [6.45, 7) is 0. The molecule has 0 amide bonds. The van der Waals surface area contributed by atoms with Crippen molar-refractivity contribution in [3.8, 4) is 6.07 Å². The molecule has 0 aliphatic carbocycles. The molecule has 1 nitrogen and oxygen atoms in total. The molecule has 1 aromatic rings. The first-order valence-corrected chi connectivity index (χ1v) is 2.38. The Bertz CT molecular complexity index is 205. The van der Waals surface area contributed by atoms with Gasteiger partial charge in [-0.25, -0.2) is 0 Å². The quantitative estimate of drug-likeness (QED) is 0.381. The Morgan fingerprint density at radius 3 is 2.11 bits per heavy atom. The summed E-state index contributed by atoms with van der Waals surface area (Å²) >= 11 is 0. The second kappa shape index (κ2) is 4.21. The van der Waals surface area contributed by atoms with Gasteiger partial charge in [0, 0.05) is 0 Å². The van der Waals surface area contributed by atoms with Crippen LogP contribution in [0, 0.1) is 11.3 Å². The molecule has 0 saturated carbocycles. The molecule has 9 heavy (non-hydrogen) atoms. The minimum Gasteiger partial charge on any atom is -1.00 e. The molecule has 0 aromatic heterocycles. The maximum Gasteiger partial charge on any atom is 1.00 e. The Kier molecular flexibility index (Phi) is 3.89. The van der Waals surface area contributed by atoms with E-state index in [1.165, 1.54) is 0 Å². The van der Waals surface area contributed by atoms with Crippen molar-refractivity contribution >= 4 is 0 Å². The molecule has 0 heterocycles. The second-order valence-corrected chi connectivity index (χ2v) is 1.48. The van der Waals surface area contributed by atoms with Crippen LogP contribution < -0.4 is 18.9 Å². The van der Waals surface area contributed by atoms with Gasteiger partial charge >= 0.3 is 18.9 Å². The van der Waals surface area contributed by atoms with E-state index in [4.69, 9.17) is 5.26 Å². The van der Waals surface area contributed by atoms with Crippen molar-refractivity contribution in [1.82, 2.24) is 0 Å². The van der Waals surface area contributed by atoms with E-state index in [2.05, 4.69) is 0 Å². The van der Waals surface area contributed by atoms with Crippen molar-refractivity contribution < 1.29 is 20.3 Å². The summed E-state index contributed by atoms with van der Waals surface area (Å²) in [5, 5.41) is 8.29. The van der Waals surface area contributed by atoms with Crippen LogP contribution in [0.1, 0.15) is 6.99 Å². The van der Waals surface area contributed by atoms with Gasteiger partial charge in [0.25, 0.3) is 0 Å². The SMILES string of the molecule is N#Cc1ccccc1.[H-].[Li+]. The van der Waals surface area contributed by atoms with Crippen LogP contribution in [-0.4, -0.2) is 0 Å². The van der Waals surface area contributed by atoms with E-state index in [0.29, 0.717) is 5.56 Å². The van der Waals surface area contributed by atoms with Gasteiger partial charge in [-0.1, -0.05) is 18.2 Å². The summed E-state index contributed by atoms with van der Waals surface area (Å²) in [7, 11) is 0. The minimum atomic E-state index is 0. The van der Waals surface area contributed by atoms with Gasteiger partial charge in [-0.05, 0) is 12.1 Å². The molecule has 0 aliphatic heterocycles. The third-order valence-electron chi connectivity index (χ3n) is 0.903. The second-order valence-electron chi connectivity index (χ2n) is 1.48. The molecule has 0 radical (unpaired) electrons. The van der Waals surface area contributed by atoms with Gasteiger partial charge < -0.3 is 1.43 Å². The summed E-state index contributed by atoms with van der Waals surface area (Å²) < 4.78 is 0. The first-order valence-electron chi connectivity index (χ1n) is 2.38. The summed E-state index contributed by atoms with van der Waals surface area (Å²) in [6.07, 6.45) is 0. The molecule has 40 valence electrons. The van der Waals surface area contributed by atoms with Crippen molar-refractivity contribution in [2.75, 3.05) is 0 Å². The van der Waals surface area contributed by atoms with E-state index in [1.807, 2.05) is 24.3 Å². The number of hydrogen-bond acceptors (Lipinski definition) is 1. The van der Waals surface area contributed by atoms with E-state index in [9.17, 15) is 0 Å². The van der Waals surface area contributed by atoms with Crippen LogP contribution in [0.5, 0.6) is 0 Å². The molecule has 0 unspecified atom stereocenters. The molecule has 0 spiro atoms. The molecule has 0 fully saturated rings. The van der Waals surface area contributed by atoms with Gasteiger partial charge in [0.05, 0.1) is 11.6 Å². The van der Waals surface area contributed by atoms with E-state index in [0.717, 1.165) is 0 Å². The van der Waals surface area contributed by atoms with Crippen molar-refractivity contribution in [3.63, 3.8) is 0 Å². The van der Waals surface area contributed by atoms with Gasteiger partial charge in [0.15, 0.2) is 0 Å². The van der Waals surface area contributed by atoms with E-state index >= 15 is 0 Å². The van der Waals surface area contributed by atoms with Crippen molar-refractivity contribution in [2.24, 2.45) is 0 Å². The molecular weight excluding hydrogens is 105 g/mol. The molecular formula is C7H6LiN. The molecule has 0 N–H and O–H groups in total. The molecule has 0 atom stereocenters. The molecule has 1 rings (SSSR count). The predicted molar refractivity (Wildman–Crippen MR) is 32.3 cm³/mol. The van der Waals surface area contributed by atoms with Gasteiger partial charge in [0.1, 0.15) is 0 Å². The maximum atomic E-state index is 8.29. The van der Waals surface area contributed by atoms with Gasteiger partial charge in [-0.3, -0.25) is 0 Å². The van der Waals surface area contributed by atoms with Crippen molar-refractivity contribution in [2.45, 2.75) is 0 Å². The first kappa shape index (κ1) is 8.31. The summed E-state index contributed by atoms with van der Waals surface area (Å²) in [6, 6.07) is 11.2. The molecule has 1 aromatic carbocycles.